The summed E-state index contributed by atoms with van der Waals surface area (Å²) in [4.78, 5) is 42.1. The van der Waals surface area contributed by atoms with Crippen LogP contribution in [0.25, 0.3) is 33.5 Å². The molecule has 51 heavy (non-hydrogen) atoms. The van der Waals surface area contributed by atoms with Gasteiger partial charge in [-0.05, 0) is 74.8 Å². The van der Waals surface area contributed by atoms with Crippen LogP contribution in [0.5, 0.6) is 0 Å². The van der Waals surface area contributed by atoms with Gasteiger partial charge in [0.2, 0.25) is 5.91 Å². The summed E-state index contributed by atoms with van der Waals surface area (Å²) in [6.45, 7) is 6.11. The molecule has 3 aliphatic heterocycles. The lowest BCUT2D eigenvalue weighted by Gasteiger charge is -2.32. The molecule has 8 rings (SSSR count). The Balaban J connectivity index is 0.956. The van der Waals surface area contributed by atoms with Crippen molar-refractivity contribution >= 4 is 28.6 Å². The highest BCUT2D eigenvalue weighted by Crippen LogP contribution is 2.37. The number of carboxylic acids is 1. The predicted octanol–water partition coefficient (Wildman–Crippen LogP) is 5.15. The van der Waals surface area contributed by atoms with Gasteiger partial charge >= 0.3 is 5.97 Å². The zero-order valence-corrected chi connectivity index (χ0v) is 28.7. The molecule has 1 amide bonds. The number of carboxylic acid groups (broad SMARTS) is 1. The number of anilines is 1. The van der Waals surface area contributed by atoms with E-state index >= 15 is 0 Å². The fourth-order valence-electron chi connectivity index (χ4n) is 7.68. The molecule has 13 nitrogen and oxygen atoms in total. The fraction of sp³-hybridized carbons (Fsp3) is 0.421. The molecule has 0 radical (unpaired) electrons. The molecule has 3 aliphatic rings. The number of carbonyl (C=O) groups is 2. The van der Waals surface area contributed by atoms with Crippen LogP contribution in [0.15, 0.2) is 54.9 Å². The third kappa shape index (κ3) is 6.77. The summed E-state index contributed by atoms with van der Waals surface area (Å²) >= 11 is 0. The number of nitrogens with zero attached hydrogens (tertiary/aromatic N) is 9. The van der Waals surface area contributed by atoms with Gasteiger partial charge in [0.15, 0.2) is 17.3 Å². The van der Waals surface area contributed by atoms with E-state index in [9.17, 15) is 9.59 Å². The average Bonchev–Trinajstić information content (AvgIpc) is 3.56. The molecule has 1 N–H and O–H groups in total. The van der Waals surface area contributed by atoms with Crippen molar-refractivity contribution in [3.63, 3.8) is 0 Å². The molecule has 0 unspecified atom stereocenters. The Morgan fingerprint density at radius 2 is 1.78 bits per heavy atom. The molecule has 0 spiro atoms. The van der Waals surface area contributed by atoms with Gasteiger partial charge in [0, 0.05) is 98.6 Å². The molecule has 262 valence electrons. The number of aromatic nitrogens is 7. The zero-order valence-electron chi connectivity index (χ0n) is 28.7. The lowest BCUT2D eigenvalue weighted by atomic mass is 9.91. The van der Waals surface area contributed by atoms with Gasteiger partial charge < -0.3 is 19.6 Å². The van der Waals surface area contributed by atoms with E-state index in [2.05, 4.69) is 38.0 Å². The van der Waals surface area contributed by atoms with Crippen molar-refractivity contribution in [2.45, 2.75) is 64.5 Å². The summed E-state index contributed by atoms with van der Waals surface area (Å²) < 4.78 is 7.86. The number of fused-ring (bicyclic) bond motifs is 2. The molecule has 2 fully saturated rings. The SMILES string of the molecule is CC(=O)N1CCc2c(c(-c3cccc4nc(-c5ccc(CCC6CCN(c7ccc(C(=O)O)nn7)CC6)nc5)ncc34)nn2C2CCOCC2)C1. The van der Waals surface area contributed by atoms with Gasteiger partial charge in [-0.25, -0.2) is 14.8 Å². The van der Waals surface area contributed by atoms with E-state index < -0.39 is 5.97 Å². The largest absolute Gasteiger partial charge is 0.476 e. The van der Waals surface area contributed by atoms with Crippen LogP contribution < -0.4 is 4.90 Å². The van der Waals surface area contributed by atoms with Crippen molar-refractivity contribution in [1.82, 2.24) is 39.8 Å². The van der Waals surface area contributed by atoms with Gasteiger partial charge in [-0.2, -0.15) is 5.10 Å². The molecule has 5 aromatic rings. The molecule has 2 saturated heterocycles. The Kier molecular flexibility index (Phi) is 9.12. The van der Waals surface area contributed by atoms with Gasteiger partial charge in [0.25, 0.3) is 0 Å². The van der Waals surface area contributed by atoms with Crippen molar-refractivity contribution in [3.8, 4) is 22.6 Å². The first-order valence-electron chi connectivity index (χ1n) is 17.9. The van der Waals surface area contributed by atoms with Crippen LogP contribution in [0.1, 0.15) is 72.5 Å². The Morgan fingerprint density at radius 1 is 0.941 bits per heavy atom. The van der Waals surface area contributed by atoms with Crippen LogP contribution in [-0.2, 0) is 28.9 Å². The summed E-state index contributed by atoms with van der Waals surface area (Å²) in [5, 5.41) is 23.2. The third-order valence-corrected chi connectivity index (χ3v) is 10.6. The smallest absolute Gasteiger partial charge is 0.356 e. The first-order chi connectivity index (χ1) is 24.9. The maximum atomic E-state index is 12.4. The second kappa shape index (κ2) is 14.1. The summed E-state index contributed by atoms with van der Waals surface area (Å²) in [7, 11) is 0. The lowest BCUT2D eigenvalue weighted by Crippen LogP contribution is -2.35. The molecule has 7 heterocycles. The van der Waals surface area contributed by atoms with E-state index in [0.29, 0.717) is 30.9 Å². The highest BCUT2D eigenvalue weighted by Gasteiger charge is 2.31. The highest BCUT2D eigenvalue weighted by molar-refractivity contribution is 5.94. The Hall–Kier alpha value is -5.30. The number of hydrogen-bond donors (Lipinski definition) is 1. The van der Waals surface area contributed by atoms with E-state index in [1.54, 1.807) is 13.0 Å². The van der Waals surface area contributed by atoms with Crippen molar-refractivity contribution in [3.05, 3.63) is 77.5 Å². The van der Waals surface area contributed by atoms with Crippen LogP contribution in [-0.4, -0.2) is 89.7 Å². The molecular weight excluding hydrogens is 646 g/mol. The molecule has 0 atom stereocenters. The summed E-state index contributed by atoms with van der Waals surface area (Å²) in [6, 6.07) is 13.8. The monoisotopic (exact) mass is 687 g/mol. The number of ether oxygens (including phenoxy) is 1. The molecule has 0 saturated carbocycles. The second-order valence-electron chi connectivity index (χ2n) is 13.8. The minimum absolute atomic E-state index is 0.0409. The van der Waals surface area contributed by atoms with Crippen molar-refractivity contribution in [1.29, 1.82) is 0 Å². The number of benzene rings is 1. The number of hydrogen-bond acceptors (Lipinski definition) is 10. The first-order valence-corrected chi connectivity index (χ1v) is 17.9. The molecular formula is C38H41N9O4. The Bertz CT molecular complexity index is 2050. The van der Waals surface area contributed by atoms with Gasteiger partial charge in [-0.15, -0.1) is 10.2 Å². The fourth-order valence-corrected chi connectivity index (χ4v) is 7.68. The molecule has 0 aliphatic carbocycles. The first kappa shape index (κ1) is 32.9. The maximum absolute atomic E-state index is 12.4. The number of aryl methyl sites for hydroxylation is 1. The van der Waals surface area contributed by atoms with E-state index in [4.69, 9.17) is 29.9 Å². The Labute approximate surface area is 295 Å². The van der Waals surface area contributed by atoms with Crippen LogP contribution in [0.4, 0.5) is 5.82 Å². The van der Waals surface area contributed by atoms with E-state index in [0.717, 1.165) is 116 Å². The lowest BCUT2D eigenvalue weighted by molar-refractivity contribution is -0.129. The van der Waals surface area contributed by atoms with E-state index in [1.165, 1.54) is 11.8 Å². The summed E-state index contributed by atoms with van der Waals surface area (Å²) in [6.07, 6.45) is 10.4. The Morgan fingerprint density at radius 3 is 2.51 bits per heavy atom. The quantitative estimate of drug-likeness (QED) is 0.231. The van der Waals surface area contributed by atoms with Crippen LogP contribution in [0.3, 0.4) is 0 Å². The average molecular weight is 688 g/mol. The zero-order chi connectivity index (χ0) is 34.9. The molecule has 0 bridgehead atoms. The second-order valence-corrected chi connectivity index (χ2v) is 13.8. The van der Waals surface area contributed by atoms with E-state index in [1.807, 2.05) is 29.4 Å². The number of amides is 1. The van der Waals surface area contributed by atoms with Gasteiger partial charge in [0.05, 0.1) is 17.3 Å². The van der Waals surface area contributed by atoms with E-state index in [-0.39, 0.29) is 11.6 Å². The normalized spacial score (nSPS) is 17.1. The van der Waals surface area contributed by atoms with Gasteiger partial charge in [-0.1, -0.05) is 12.1 Å². The van der Waals surface area contributed by atoms with Gasteiger partial charge in [-0.3, -0.25) is 14.5 Å². The number of rotatable bonds is 8. The van der Waals surface area contributed by atoms with Crippen LogP contribution in [0, 0.1) is 5.92 Å². The minimum Gasteiger partial charge on any atom is -0.476 e. The maximum Gasteiger partial charge on any atom is 0.356 e. The van der Waals surface area contributed by atoms with Crippen molar-refractivity contribution in [2.24, 2.45) is 5.92 Å². The third-order valence-electron chi connectivity index (χ3n) is 10.6. The van der Waals surface area contributed by atoms with Crippen molar-refractivity contribution < 1.29 is 19.4 Å². The number of aromatic carboxylic acids is 1. The summed E-state index contributed by atoms with van der Waals surface area (Å²) in [5.41, 5.74) is 6.94. The minimum atomic E-state index is -1.07. The number of piperidine rings is 1. The van der Waals surface area contributed by atoms with Crippen molar-refractivity contribution in [2.75, 3.05) is 37.7 Å². The van der Waals surface area contributed by atoms with Crippen LogP contribution >= 0.6 is 0 Å². The number of carbonyl (C=O) groups excluding carboxylic acids is 1. The standard InChI is InChI=1S/C38H41N9O4/c1-24(48)46-18-13-34-31(23-46)36(44-47(34)28-14-19-51-20-15-28)29-3-2-4-32-30(29)22-40-37(41-32)26-6-8-27(39-21-26)7-5-25-11-16-45(17-12-25)35-10-9-33(38(49)50)42-43-35/h2-4,6,8-10,21-22,25,28H,5,7,11-20,23H2,1H3,(H,49,50). The summed E-state index contributed by atoms with van der Waals surface area (Å²) in [5.74, 6) is 0.955. The molecule has 13 heteroatoms. The number of pyridine rings is 1. The van der Waals surface area contributed by atoms with Gasteiger partial charge in [0.1, 0.15) is 0 Å². The predicted molar refractivity (Wildman–Crippen MR) is 190 cm³/mol. The van der Waals surface area contributed by atoms with Crippen LogP contribution in [0.2, 0.25) is 0 Å². The molecule has 1 aromatic carbocycles. The highest BCUT2D eigenvalue weighted by atomic mass is 16.5. The topological polar surface area (TPSA) is 152 Å². The molecule has 4 aromatic heterocycles.